The molecule has 0 aliphatic rings. The molecular weight excluding hydrogens is 863 g/mol. The fraction of sp³-hybridized carbons (Fsp3) is 0.844. The maximum absolute atomic E-state index is 13.3. The first-order valence-electron chi connectivity index (χ1n) is 30.9. The fourth-order valence-corrected chi connectivity index (χ4v) is 9.43. The summed E-state index contributed by atoms with van der Waals surface area (Å²) in [6.45, 7) is 6.47. The lowest BCUT2D eigenvalue weighted by molar-refractivity contribution is -0.151. The van der Waals surface area contributed by atoms with E-state index in [2.05, 4.69) is 74.7 Å². The van der Waals surface area contributed by atoms with Crippen molar-refractivity contribution in [1.82, 2.24) is 5.32 Å². The highest BCUT2D eigenvalue weighted by atomic mass is 16.5. The van der Waals surface area contributed by atoms with Gasteiger partial charge in [-0.25, -0.2) is 0 Å². The summed E-state index contributed by atoms with van der Waals surface area (Å²) in [7, 11) is 0. The Morgan fingerprint density at radius 2 is 0.729 bits per heavy atom. The molecule has 0 aromatic rings. The smallest absolute Gasteiger partial charge is 0.306 e. The first-order valence-corrected chi connectivity index (χ1v) is 30.9. The molecule has 0 bridgehead atoms. The molecular formula is C64H119NO5. The predicted octanol–water partition coefficient (Wildman–Crippen LogP) is 19.4. The summed E-state index contributed by atoms with van der Waals surface area (Å²) in [6.07, 6.45) is 71.7. The molecule has 70 heavy (non-hydrogen) atoms. The molecule has 1 amide bonds. The molecule has 0 saturated heterocycles. The molecule has 0 aromatic carbocycles. The van der Waals surface area contributed by atoms with Crippen LogP contribution in [0.3, 0.4) is 0 Å². The summed E-state index contributed by atoms with van der Waals surface area (Å²) in [5.74, 6) is -0.472. The van der Waals surface area contributed by atoms with Gasteiger partial charge >= 0.3 is 5.97 Å². The highest BCUT2D eigenvalue weighted by Gasteiger charge is 2.24. The van der Waals surface area contributed by atoms with Crippen LogP contribution in [0.1, 0.15) is 323 Å². The highest BCUT2D eigenvalue weighted by molar-refractivity contribution is 5.77. The second-order valence-corrected chi connectivity index (χ2v) is 21.1. The van der Waals surface area contributed by atoms with Crippen LogP contribution in [0.15, 0.2) is 48.6 Å². The zero-order valence-corrected chi connectivity index (χ0v) is 46.9. The van der Waals surface area contributed by atoms with Gasteiger partial charge in [-0.15, -0.1) is 0 Å². The molecule has 3 atom stereocenters. The van der Waals surface area contributed by atoms with Gasteiger partial charge in [0, 0.05) is 6.42 Å². The lowest BCUT2D eigenvalue weighted by atomic mass is 10.0. The largest absolute Gasteiger partial charge is 0.462 e. The fourth-order valence-electron chi connectivity index (χ4n) is 9.43. The third kappa shape index (κ3) is 52.2. The molecule has 3 N–H and O–H groups in total. The third-order valence-corrected chi connectivity index (χ3v) is 14.1. The Hall–Kier alpha value is -2.18. The number of ether oxygens (including phenoxy) is 1. The van der Waals surface area contributed by atoms with E-state index in [1.54, 1.807) is 0 Å². The van der Waals surface area contributed by atoms with Crippen molar-refractivity contribution in [3.05, 3.63) is 48.6 Å². The summed E-state index contributed by atoms with van der Waals surface area (Å²) in [6, 6.07) is -0.706. The van der Waals surface area contributed by atoms with Crippen LogP contribution >= 0.6 is 0 Å². The van der Waals surface area contributed by atoms with Crippen LogP contribution in [0.5, 0.6) is 0 Å². The number of aliphatic hydroxyl groups is 2. The van der Waals surface area contributed by atoms with Gasteiger partial charge < -0.3 is 20.3 Å². The van der Waals surface area contributed by atoms with Crippen molar-refractivity contribution in [1.29, 1.82) is 0 Å². The molecule has 6 heteroatoms. The van der Waals surface area contributed by atoms with E-state index in [0.717, 1.165) is 70.6 Å². The van der Waals surface area contributed by atoms with E-state index in [-0.39, 0.29) is 24.9 Å². The number of carbonyl (C=O) groups is 2. The van der Waals surface area contributed by atoms with Crippen LogP contribution in [-0.2, 0) is 14.3 Å². The molecule has 0 radical (unpaired) electrons. The number of unbranched alkanes of at least 4 members (excludes halogenated alkanes) is 36. The van der Waals surface area contributed by atoms with Crippen LogP contribution in [0, 0.1) is 0 Å². The molecule has 0 aliphatic heterocycles. The van der Waals surface area contributed by atoms with Gasteiger partial charge in [0.15, 0.2) is 0 Å². The van der Waals surface area contributed by atoms with E-state index < -0.39 is 18.2 Å². The number of allylic oxidation sites excluding steroid dienone is 8. The summed E-state index contributed by atoms with van der Waals surface area (Å²) in [4.78, 5) is 26.4. The normalized spacial score (nSPS) is 13.4. The molecule has 0 saturated carbocycles. The summed E-state index contributed by atoms with van der Waals surface area (Å²) < 4.78 is 5.98. The van der Waals surface area contributed by atoms with E-state index in [1.165, 1.54) is 205 Å². The monoisotopic (exact) mass is 982 g/mol. The van der Waals surface area contributed by atoms with Crippen LogP contribution in [0.25, 0.3) is 0 Å². The van der Waals surface area contributed by atoms with Crippen LogP contribution in [0.4, 0.5) is 0 Å². The van der Waals surface area contributed by atoms with Gasteiger partial charge in [0.05, 0.1) is 25.2 Å². The van der Waals surface area contributed by atoms with Gasteiger partial charge in [-0.3, -0.25) is 9.59 Å². The first-order chi connectivity index (χ1) is 34.5. The predicted molar refractivity (Wildman–Crippen MR) is 305 cm³/mol. The lowest BCUT2D eigenvalue weighted by Gasteiger charge is -2.24. The minimum absolute atomic E-state index is 0.0723. The minimum atomic E-state index is -0.792. The van der Waals surface area contributed by atoms with Crippen molar-refractivity contribution in [2.45, 2.75) is 341 Å². The first kappa shape index (κ1) is 67.8. The minimum Gasteiger partial charge on any atom is -0.462 e. The average Bonchev–Trinajstić information content (AvgIpc) is 3.35. The summed E-state index contributed by atoms with van der Waals surface area (Å²) in [5, 5.41) is 23.9. The van der Waals surface area contributed by atoms with Crippen molar-refractivity contribution < 1.29 is 24.5 Å². The molecule has 410 valence electrons. The molecule has 6 nitrogen and oxygen atoms in total. The van der Waals surface area contributed by atoms with Crippen molar-refractivity contribution >= 4 is 11.9 Å². The number of hydrogen-bond donors (Lipinski definition) is 3. The Balaban J connectivity index is 4.55. The van der Waals surface area contributed by atoms with Gasteiger partial charge in [0.2, 0.25) is 5.91 Å². The quantitative estimate of drug-likeness (QED) is 0.0321. The molecule has 0 aromatic heterocycles. The van der Waals surface area contributed by atoms with Gasteiger partial charge in [0.25, 0.3) is 0 Å². The maximum Gasteiger partial charge on any atom is 0.306 e. The van der Waals surface area contributed by atoms with Crippen molar-refractivity contribution in [3.63, 3.8) is 0 Å². The second-order valence-electron chi connectivity index (χ2n) is 21.1. The molecule has 3 unspecified atom stereocenters. The van der Waals surface area contributed by atoms with Gasteiger partial charge in [-0.2, -0.15) is 0 Å². The number of rotatable bonds is 56. The van der Waals surface area contributed by atoms with Crippen LogP contribution < -0.4 is 5.32 Å². The SMILES string of the molecule is CCCCC/C=C\C/C=C\CCCCCCCCCCCC(=O)OC(CCCCCCCCC/C=C\C/C=C\CCCCC)CC(=O)NC(CO)C(O)CCCCCCCCCCCCCCCCC. The van der Waals surface area contributed by atoms with E-state index in [9.17, 15) is 19.8 Å². The van der Waals surface area contributed by atoms with Gasteiger partial charge in [-0.05, 0) is 89.9 Å². The average molecular weight is 983 g/mol. The number of esters is 1. The number of nitrogens with one attached hydrogen (secondary N) is 1. The number of hydrogen-bond acceptors (Lipinski definition) is 5. The van der Waals surface area contributed by atoms with E-state index in [0.29, 0.717) is 19.3 Å². The van der Waals surface area contributed by atoms with Gasteiger partial charge in [0.1, 0.15) is 6.10 Å². The molecule has 0 spiro atoms. The molecule has 0 fully saturated rings. The third-order valence-electron chi connectivity index (χ3n) is 14.1. The Kier molecular flexibility index (Phi) is 55.9. The van der Waals surface area contributed by atoms with E-state index >= 15 is 0 Å². The Morgan fingerprint density at radius 3 is 1.11 bits per heavy atom. The number of aliphatic hydroxyl groups excluding tert-OH is 2. The lowest BCUT2D eigenvalue weighted by Crippen LogP contribution is -2.46. The van der Waals surface area contributed by atoms with E-state index in [4.69, 9.17) is 4.74 Å². The number of carbonyl (C=O) groups excluding carboxylic acids is 2. The second kappa shape index (κ2) is 57.7. The highest BCUT2D eigenvalue weighted by Crippen LogP contribution is 2.19. The zero-order valence-electron chi connectivity index (χ0n) is 46.9. The maximum atomic E-state index is 13.3. The Morgan fingerprint density at radius 1 is 0.414 bits per heavy atom. The number of amides is 1. The van der Waals surface area contributed by atoms with Crippen molar-refractivity contribution in [2.75, 3.05) is 6.61 Å². The van der Waals surface area contributed by atoms with Gasteiger partial charge in [-0.1, -0.05) is 268 Å². The molecule has 0 rings (SSSR count). The Labute approximate surface area is 436 Å². The molecule has 0 heterocycles. The van der Waals surface area contributed by atoms with Crippen molar-refractivity contribution in [2.24, 2.45) is 0 Å². The Bertz CT molecular complexity index is 1190. The zero-order chi connectivity index (χ0) is 50.9. The van der Waals surface area contributed by atoms with E-state index in [1.807, 2.05) is 0 Å². The standard InChI is InChI=1S/C64H119NO5/c1-4-7-10-13-16-19-22-25-28-30-31-33-36-39-42-45-48-51-54-57-64(69)70-60(55-52-49-46-43-40-37-35-32-29-26-23-20-17-14-11-8-5-2)58-63(68)65-61(59-66)62(67)56-53-50-47-44-41-38-34-27-24-21-18-15-12-9-6-3/h16-17,19-20,25-26,28-29,60-62,66-67H,4-15,18,21-24,27,30-59H2,1-3H3,(H,65,68)/b19-16-,20-17-,28-25-,29-26-. The van der Waals surface area contributed by atoms with Crippen molar-refractivity contribution in [3.8, 4) is 0 Å². The van der Waals surface area contributed by atoms with Crippen LogP contribution in [-0.4, -0.2) is 46.9 Å². The van der Waals surface area contributed by atoms with Crippen LogP contribution in [0.2, 0.25) is 0 Å². The summed E-state index contributed by atoms with van der Waals surface area (Å²) >= 11 is 0. The summed E-state index contributed by atoms with van der Waals surface area (Å²) in [5.41, 5.74) is 0. The molecule has 0 aliphatic carbocycles. The topological polar surface area (TPSA) is 95.9 Å².